The number of benzene rings is 1. The third-order valence-corrected chi connectivity index (χ3v) is 2.62. The summed E-state index contributed by atoms with van der Waals surface area (Å²) in [5.41, 5.74) is 7.04. The van der Waals surface area contributed by atoms with Crippen molar-refractivity contribution in [3.8, 4) is 0 Å². The maximum atomic E-state index is 9.62. The summed E-state index contributed by atoms with van der Waals surface area (Å²) in [6.45, 7) is 4.37. The average molecular weight is 229 g/mol. The summed E-state index contributed by atoms with van der Waals surface area (Å²) in [5, 5.41) is 13.3. The number of rotatable bonds is 4. The Labute approximate surface area is 95.2 Å². The number of aliphatic hydroxyl groups excluding tert-OH is 1. The van der Waals surface area contributed by atoms with Crippen molar-refractivity contribution in [3.05, 3.63) is 23.2 Å². The number of aliphatic hydroxyl groups is 1. The lowest BCUT2D eigenvalue weighted by atomic mass is 10.1. The van der Waals surface area contributed by atoms with Crippen molar-refractivity contribution in [2.24, 2.45) is 5.92 Å². The van der Waals surface area contributed by atoms with Crippen LogP contribution in [0.3, 0.4) is 0 Å². The molecule has 1 rings (SSSR count). The number of nitrogen functional groups attached to an aromatic ring is 1. The Morgan fingerprint density at radius 1 is 1.47 bits per heavy atom. The van der Waals surface area contributed by atoms with E-state index in [0.717, 1.165) is 0 Å². The van der Waals surface area contributed by atoms with Crippen LogP contribution < -0.4 is 11.1 Å². The first-order valence-electron chi connectivity index (χ1n) is 4.98. The Bertz CT molecular complexity index is 308. The second-order valence-electron chi connectivity index (χ2n) is 3.90. The van der Waals surface area contributed by atoms with Crippen molar-refractivity contribution in [2.45, 2.75) is 20.0 Å². The monoisotopic (exact) mass is 228 g/mol. The summed E-state index contributed by atoms with van der Waals surface area (Å²) in [4.78, 5) is 0. The van der Waals surface area contributed by atoms with Gasteiger partial charge in [-0.15, -0.1) is 0 Å². The summed E-state index contributed by atoms with van der Waals surface area (Å²) < 4.78 is 0. The molecule has 0 spiro atoms. The van der Waals surface area contributed by atoms with Crippen molar-refractivity contribution in [1.29, 1.82) is 0 Å². The highest BCUT2D eigenvalue weighted by Crippen LogP contribution is 2.27. The van der Waals surface area contributed by atoms with E-state index in [0.29, 0.717) is 22.9 Å². The smallest absolute Gasteiger partial charge is 0.0764 e. The van der Waals surface area contributed by atoms with Gasteiger partial charge in [-0.3, -0.25) is 0 Å². The third kappa shape index (κ3) is 3.29. The lowest BCUT2D eigenvalue weighted by molar-refractivity contribution is 0.138. The Morgan fingerprint density at radius 3 is 2.67 bits per heavy atom. The Kier molecular flexibility index (Phi) is 4.24. The number of hydrogen-bond donors (Lipinski definition) is 3. The van der Waals surface area contributed by atoms with Gasteiger partial charge in [-0.2, -0.15) is 0 Å². The highest BCUT2D eigenvalue weighted by molar-refractivity contribution is 6.33. The van der Waals surface area contributed by atoms with E-state index in [1.807, 2.05) is 13.8 Å². The standard InChI is InChI=1S/C11H17ClN2O/c1-7(2)10(15)6-14-11-8(12)4-3-5-9(11)13/h3-5,7,10,14-15H,6,13H2,1-2H3. The maximum Gasteiger partial charge on any atom is 0.0764 e. The van der Waals surface area contributed by atoms with Gasteiger partial charge in [0.15, 0.2) is 0 Å². The van der Waals surface area contributed by atoms with Gasteiger partial charge in [0.2, 0.25) is 0 Å². The van der Waals surface area contributed by atoms with Crippen molar-refractivity contribution in [1.82, 2.24) is 0 Å². The third-order valence-electron chi connectivity index (χ3n) is 2.30. The SMILES string of the molecule is CC(C)C(O)CNc1c(N)cccc1Cl. The largest absolute Gasteiger partial charge is 0.397 e. The molecule has 0 saturated heterocycles. The van der Waals surface area contributed by atoms with E-state index in [1.54, 1.807) is 18.2 Å². The minimum absolute atomic E-state index is 0.209. The molecule has 84 valence electrons. The first-order valence-corrected chi connectivity index (χ1v) is 5.36. The number of nitrogens with one attached hydrogen (secondary N) is 1. The summed E-state index contributed by atoms with van der Waals surface area (Å²) in [6.07, 6.45) is -0.402. The van der Waals surface area contributed by atoms with Gasteiger partial charge in [0, 0.05) is 6.54 Å². The van der Waals surface area contributed by atoms with Gasteiger partial charge in [-0.05, 0) is 18.1 Å². The average Bonchev–Trinajstić information content (AvgIpc) is 2.16. The molecule has 0 bridgehead atoms. The molecule has 3 nitrogen and oxygen atoms in total. The Hall–Kier alpha value is -0.930. The zero-order valence-corrected chi connectivity index (χ0v) is 9.75. The van der Waals surface area contributed by atoms with Crippen LogP contribution in [0.15, 0.2) is 18.2 Å². The van der Waals surface area contributed by atoms with Gasteiger partial charge in [-0.1, -0.05) is 31.5 Å². The predicted octanol–water partition coefficient (Wildman–Crippen LogP) is 2.35. The van der Waals surface area contributed by atoms with E-state index in [2.05, 4.69) is 5.32 Å². The van der Waals surface area contributed by atoms with Crippen LogP contribution in [-0.4, -0.2) is 17.8 Å². The van der Waals surface area contributed by atoms with Crippen molar-refractivity contribution in [3.63, 3.8) is 0 Å². The van der Waals surface area contributed by atoms with Crippen molar-refractivity contribution < 1.29 is 5.11 Å². The zero-order chi connectivity index (χ0) is 11.4. The number of hydrogen-bond acceptors (Lipinski definition) is 3. The number of para-hydroxylation sites is 1. The number of halogens is 1. The fraction of sp³-hybridized carbons (Fsp3) is 0.455. The first-order chi connectivity index (χ1) is 7.02. The van der Waals surface area contributed by atoms with Gasteiger partial charge in [0.05, 0.1) is 22.5 Å². The minimum atomic E-state index is -0.402. The van der Waals surface area contributed by atoms with Gasteiger partial charge < -0.3 is 16.2 Å². The molecule has 4 heteroatoms. The molecule has 0 aliphatic heterocycles. The first kappa shape index (κ1) is 12.1. The molecular weight excluding hydrogens is 212 g/mol. The van der Waals surface area contributed by atoms with Crippen LogP contribution in [-0.2, 0) is 0 Å². The Balaban J connectivity index is 2.65. The van der Waals surface area contributed by atoms with Crippen LogP contribution in [0.5, 0.6) is 0 Å². The van der Waals surface area contributed by atoms with Gasteiger partial charge >= 0.3 is 0 Å². The topological polar surface area (TPSA) is 58.3 Å². The molecule has 0 aliphatic rings. The second kappa shape index (κ2) is 5.24. The van der Waals surface area contributed by atoms with Gasteiger partial charge in [0.1, 0.15) is 0 Å². The van der Waals surface area contributed by atoms with Crippen molar-refractivity contribution >= 4 is 23.0 Å². The van der Waals surface area contributed by atoms with E-state index in [4.69, 9.17) is 17.3 Å². The Morgan fingerprint density at radius 2 is 2.13 bits per heavy atom. The molecule has 0 fully saturated rings. The number of nitrogens with two attached hydrogens (primary N) is 1. The molecule has 0 aromatic heterocycles. The molecule has 0 heterocycles. The molecule has 0 amide bonds. The lowest BCUT2D eigenvalue weighted by Gasteiger charge is -2.17. The normalized spacial score (nSPS) is 12.9. The minimum Gasteiger partial charge on any atom is -0.397 e. The maximum absolute atomic E-state index is 9.62. The lowest BCUT2D eigenvalue weighted by Crippen LogP contribution is -2.25. The molecule has 1 unspecified atom stereocenters. The summed E-state index contributed by atoms with van der Waals surface area (Å²) >= 11 is 5.97. The van der Waals surface area contributed by atoms with E-state index in [1.165, 1.54) is 0 Å². The molecule has 0 aliphatic carbocycles. The van der Waals surface area contributed by atoms with E-state index in [-0.39, 0.29) is 5.92 Å². The van der Waals surface area contributed by atoms with Crippen molar-refractivity contribution in [2.75, 3.05) is 17.6 Å². The van der Waals surface area contributed by atoms with Crippen LogP contribution in [0.4, 0.5) is 11.4 Å². The second-order valence-corrected chi connectivity index (χ2v) is 4.30. The fourth-order valence-corrected chi connectivity index (χ4v) is 1.42. The summed E-state index contributed by atoms with van der Waals surface area (Å²) in [5.74, 6) is 0.209. The highest BCUT2D eigenvalue weighted by atomic mass is 35.5. The summed E-state index contributed by atoms with van der Waals surface area (Å²) in [7, 11) is 0. The molecule has 15 heavy (non-hydrogen) atoms. The predicted molar refractivity (Wildman–Crippen MR) is 65.2 cm³/mol. The quantitative estimate of drug-likeness (QED) is 0.694. The molecule has 0 saturated carbocycles. The van der Waals surface area contributed by atoms with Crippen LogP contribution in [0.25, 0.3) is 0 Å². The van der Waals surface area contributed by atoms with Crippen LogP contribution >= 0.6 is 11.6 Å². The molecule has 4 N–H and O–H groups in total. The van der Waals surface area contributed by atoms with E-state index in [9.17, 15) is 5.11 Å². The van der Waals surface area contributed by atoms with Crippen LogP contribution in [0.1, 0.15) is 13.8 Å². The van der Waals surface area contributed by atoms with E-state index < -0.39 is 6.10 Å². The molecule has 0 radical (unpaired) electrons. The van der Waals surface area contributed by atoms with Crippen LogP contribution in [0.2, 0.25) is 5.02 Å². The molecule has 1 atom stereocenters. The molecule has 1 aromatic rings. The fourth-order valence-electron chi connectivity index (χ4n) is 1.17. The molecule has 1 aromatic carbocycles. The molecular formula is C11H17ClN2O. The highest BCUT2D eigenvalue weighted by Gasteiger charge is 2.10. The summed E-state index contributed by atoms with van der Waals surface area (Å²) in [6, 6.07) is 5.33. The zero-order valence-electron chi connectivity index (χ0n) is 9.00. The van der Waals surface area contributed by atoms with Gasteiger partial charge in [-0.25, -0.2) is 0 Å². The van der Waals surface area contributed by atoms with Gasteiger partial charge in [0.25, 0.3) is 0 Å². The number of anilines is 2. The van der Waals surface area contributed by atoms with E-state index >= 15 is 0 Å². The van der Waals surface area contributed by atoms with Crippen LogP contribution in [0, 0.1) is 5.92 Å².